The zero-order valence-electron chi connectivity index (χ0n) is 9.89. The zero-order chi connectivity index (χ0) is 13.0. The molecule has 2 heterocycles. The SMILES string of the molecule is O=C(CC1CCCN1)NC(C(=O)O)c1cccs1. The maximum atomic E-state index is 11.8. The van der Waals surface area contributed by atoms with Crippen molar-refractivity contribution >= 4 is 23.2 Å². The van der Waals surface area contributed by atoms with E-state index in [-0.39, 0.29) is 11.9 Å². The number of aliphatic carboxylic acids is 1. The number of hydrogen-bond acceptors (Lipinski definition) is 4. The van der Waals surface area contributed by atoms with Crippen LogP contribution in [0.3, 0.4) is 0 Å². The lowest BCUT2D eigenvalue weighted by molar-refractivity contribution is -0.142. The predicted octanol–water partition coefficient (Wildman–Crippen LogP) is 1.13. The second kappa shape index (κ2) is 5.97. The highest BCUT2D eigenvalue weighted by molar-refractivity contribution is 7.10. The molecule has 0 saturated carbocycles. The van der Waals surface area contributed by atoms with Crippen molar-refractivity contribution in [2.75, 3.05) is 6.54 Å². The van der Waals surface area contributed by atoms with Crippen LogP contribution in [0.1, 0.15) is 30.2 Å². The van der Waals surface area contributed by atoms with Gasteiger partial charge in [0.15, 0.2) is 6.04 Å². The molecule has 2 unspecified atom stereocenters. The fraction of sp³-hybridized carbons (Fsp3) is 0.500. The Balaban J connectivity index is 1.92. The van der Waals surface area contributed by atoms with Gasteiger partial charge in [-0.25, -0.2) is 4.79 Å². The van der Waals surface area contributed by atoms with Crippen LogP contribution < -0.4 is 10.6 Å². The number of carboxylic acids is 1. The van der Waals surface area contributed by atoms with Crippen molar-refractivity contribution in [2.24, 2.45) is 0 Å². The number of thiophene rings is 1. The number of amides is 1. The molecule has 0 aromatic carbocycles. The summed E-state index contributed by atoms with van der Waals surface area (Å²) in [5.74, 6) is -1.24. The highest BCUT2D eigenvalue weighted by Gasteiger charge is 2.25. The van der Waals surface area contributed by atoms with Crippen molar-refractivity contribution in [3.63, 3.8) is 0 Å². The monoisotopic (exact) mass is 268 g/mol. The molecule has 6 heteroatoms. The molecule has 1 fully saturated rings. The van der Waals surface area contributed by atoms with Crippen molar-refractivity contribution < 1.29 is 14.7 Å². The lowest BCUT2D eigenvalue weighted by Crippen LogP contribution is -2.37. The summed E-state index contributed by atoms with van der Waals surface area (Å²) < 4.78 is 0. The fourth-order valence-electron chi connectivity index (χ4n) is 2.08. The molecular weight excluding hydrogens is 252 g/mol. The molecule has 2 rings (SSSR count). The van der Waals surface area contributed by atoms with Gasteiger partial charge in [0.1, 0.15) is 0 Å². The molecule has 1 aliphatic rings. The molecule has 1 saturated heterocycles. The number of rotatable bonds is 5. The number of carbonyl (C=O) groups excluding carboxylic acids is 1. The van der Waals surface area contributed by atoms with Crippen LogP contribution in [0.15, 0.2) is 17.5 Å². The Morgan fingerprint density at radius 1 is 1.61 bits per heavy atom. The summed E-state index contributed by atoms with van der Waals surface area (Å²) in [5, 5.41) is 16.7. The summed E-state index contributed by atoms with van der Waals surface area (Å²) in [6.07, 6.45) is 2.39. The highest BCUT2D eigenvalue weighted by Crippen LogP contribution is 2.19. The van der Waals surface area contributed by atoms with Gasteiger partial charge in [0.2, 0.25) is 5.91 Å². The van der Waals surface area contributed by atoms with E-state index in [0.717, 1.165) is 19.4 Å². The van der Waals surface area contributed by atoms with Gasteiger partial charge in [0.05, 0.1) is 0 Å². The maximum Gasteiger partial charge on any atom is 0.331 e. The van der Waals surface area contributed by atoms with Crippen LogP contribution >= 0.6 is 11.3 Å². The summed E-state index contributed by atoms with van der Waals surface area (Å²) in [6, 6.07) is 2.75. The Kier molecular flexibility index (Phi) is 4.33. The number of hydrogen-bond donors (Lipinski definition) is 3. The minimum Gasteiger partial charge on any atom is -0.479 e. The van der Waals surface area contributed by atoms with Crippen molar-refractivity contribution in [1.29, 1.82) is 0 Å². The van der Waals surface area contributed by atoms with Gasteiger partial charge in [-0.15, -0.1) is 11.3 Å². The Labute approximate surface area is 109 Å². The van der Waals surface area contributed by atoms with Crippen LogP contribution in [-0.4, -0.2) is 29.6 Å². The van der Waals surface area contributed by atoms with Gasteiger partial charge in [0, 0.05) is 17.3 Å². The topological polar surface area (TPSA) is 78.4 Å². The van der Waals surface area contributed by atoms with E-state index >= 15 is 0 Å². The van der Waals surface area contributed by atoms with E-state index in [1.807, 2.05) is 0 Å². The average molecular weight is 268 g/mol. The number of nitrogens with one attached hydrogen (secondary N) is 2. The summed E-state index contributed by atoms with van der Waals surface area (Å²) >= 11 is 1.33. The van der Waals surface area contributed by atoms with E-state index in [9.17, 15) is 9.59 Å². The zero-order valence-corrected chi connectivity index (χ0v) is 10.7. The first-order valence-corrected chi connectivity index (χ1v) is 6.83. The van der Waals surface area contributed by atoms with Crippen molar-refractivity contribution in [2.45, 2.75) is 31.3 Å². The van der Waals surface area contributed by atoms with Crippen LogP contribution in [0, 0.1) is 0 Å². The Morgan fingerprint density at radius 2 is 2.44 bits per heavy atom. The van der Waals surface area contributed by atoms with Crippen LogP contribution in [0.4, 0.5) is 0 Å². The third-order valence-electron chi connectivity index (χ3n) is 2.97. The van der Waals surface area contributed by atoms with E-state index < -0.39 is 12.0 Å². The highest BCUT2D eigenvalue weighted by atomic mass is 32.1. The van der Waals surface area contributed by atoms with E-state index in [4.69, 9.17) is 5.11 Å². The van der Waals surface area contributed by atoms with E-state index in [1.165, 1.54) is 11.3 Å². The molecule has 1 aromatic rings. The molecular formula is C12H16N2O3S. The molecule has 1 aliphatic heterocycles. The molecule has 0 aliphatic carbocycles. The van der Waals surface area contributed by atoms with Crippen molar-refractivity contribution in [3.05, 3.63) is 22.4 Å². The number of carbonyl (C=O) groups is 2. The molecule has 0 bridgehead atoms. The molecule has 1 amide bonds. The van der Waals surface area contributed by atoms with Crippen LogP contribution in [0.25, 0.3) is 0 Å². The predicted molar refractivity (Wildman–Crippen MR) is 68.5 cm³/mol. The summed E-state index contributed by atoms with van der Waals surface area (Å²) in [7, 11) is 0. The molecule has 0 spiro atoms. The summed E-state index contributed by atoms with van der Waals surface area (Å²) in [6.45, 7) is 0.936. The fourth-order valence-corrected chi connectivity index (χ4v) is 2.85. The second-order valence-electron chi connectivity index (χ2n) is 4.35. The normalized spacial score (nSPS) is 20.6. The second-order valence-corrected chi connectivity index (χ2v) is 5.33. The Morgan fingerprint density at radius 3 is 3.00 bits per heavy atom. The lowest BCUT2D eigenvalue weighted by Gasteiger charge is -2.15. The molecule has 98 valence electrons. The largest absolute Gasteiger partial charge is 0.479 e. The summed E-state index contributed by atoms with van der Waals surface area (Å²) in [4.78, 5) is 23.6. The molecule has 5 nitrogen and oxygen atoms in total. The molecule has 0 radical (unpaired) electrons. The van der Waals surface area contributed by atoms with E-state index in [2.05, 4.69) is 10.6 Å². The van der Waals surface area contributed by atoms with Gasteiger partial charge in [-0.2, -0.15) is 0 Å². The van der Waals surface area contributed by atoms with Gasteiger partial charge in [-0.1, -0.05) is 6.07 Å². The maximum absolute atomic E-state index is 11.8. The van der Waals surface area contributed by atoms with Gasteiger partial charge in [-0.3, -0.25) is 4.79 Å². The smallest absolute Gasteiger partial charge is 0.331 e. The third kappa shape index (κ3) is 3.30. The number of carboxylic acid groups (broad SMARTS) is 1. The van der Waals surface area contributed by atoms with Crippen LogP contribution in [-0.2, 0) is 9.59 Å². The van der Waals surface area contributed by atoms with Crippen molar-refractivity contribution in [3.8, 4) is 0 Å². The van der Waals surface area contributed by atoms with Gasteiger partial charge < -0.3 is 15.7 Å². The quantitative estimate of drug-likeness (QED) is 0.748. The molecule has 1 aromatic heterocycles. The third-order valence-corrected chi connectivity index (χ3v) is 3.91. The average Bonchev–Trinajstić information content (AvgIpc) is 2.97. The lowest BCUT2D eigenvalue weighted by atomic mass is 10.1. The van der Waals surface area contributed by atoms with Crippen LogP contribution in [0.2, 0.25) is 0 Å². The standard InChI is InChI=1S/C12H16N2O3S/c15-10(7-8-3-1-5-13-8)14-11(12(16)17)9-4-2-6-18-9/h2,4,6,8,11,13H,1,3,5,7H2,(H,14,15)(H,16,17). The molecule has 2 atom stereocenters. The Hall–Kier alpha value is -1.40. The molecule has 3 N–H and O–H groups in total. The van der Waals surface area contributed by atoms with Crippen molar-refractivity contribution in [1.82, 2.24) is 10.6 Å². The molecule has 18 heavy (non-hydrogen) atoms. The van der Waals surface area contributed by atoms with E-state index in [0.29, 0.717) is 11.3 Å². The first-order chi connectivity index (χ1) is 8.66. The van der Waals surface area contributed by atoms with Crippen LogP contribution in [0.5, 0.6) is 0 Å². The first kappa shape index (κ1) is 13.0. The minimum atomic E-state index is -1.02. The summed E-state index contributed by atoms with van der Waals surface area (Å²) in [5.41, 5.74) is 0. The van der Waals surface area contributed by atoms with E-state index in [1.54, 1.807) is 17.5 Å². The Bertz CT molecular complexity index is 413. The minimum absolute atomic E-state index is 0.183. The van der Waals surface area contributed by atoms with Gasteiger partial charge in [0.25, 0.3) is 0 Å². The first-order valence-electron chi connectivity index (χ1n) is 5.96. The van der Waals surface area contributed by atoms with Gasteiger partial charge in [-0.05, 0) is 30.8 Å². The van der Waals surface area contributed by atoms with Gasteiger partial charge >= 0.3 is 5.97 Å².